The van der Waals surface area contributed by atoms with E-state index in [2.05, 4.69) is 15.1 Å². The summed E-state index contributed by atoms with van der Waals surface area (Å²) >= 11 is 11.9. The number of carbonyl (C=O) groups is 1. The Morgan fingerprint density at radius 3 is 2.33 bits per heavy atom. The number of nitriles is 1. The number of anilines is 1. The van der Waals surface area contributed by atoms with Gasteiger partial charge in [0.2, 0.25) is 5.95 Å². The van der Waals surface area contributed by atoms with Crippen molar-refractivity contribution in [1.29, 1.82) is 5.26 Å². The van der Waals surface area contributed by atoms with Crippen molar-refractivity contribution in [2.24, 2.45) is 5.16 Å². The van der Waals surface area contributed by atoms with Gasteiger partial charge in [-0.15, -0.1) is 0 Å². The molecule has 7 nitrogen and oxygen atoms in total. The maximum Gasteiger partial charge on any atom is 0.435 e. The number of amides is 1. The van der Waals surface area contributed by atoms with E-state index in [1.807, 2.05) is 6.07 Å². The van der Waals surface area contributed by atoms with Crippen LogP contribution in [-0.4, -0.2) is 34.8 Å². The maximum atomic E-state index is 14.2. The number of halogens is 5. The lowest BCUT2D eigenvalue weighted by Crippen LogP contribution is -2.42. The van der Waals surface area contributed by atoms with Crippen LogP contribution in [0.2, 0.25) is 10.0 Å². The van der Waals surface area contributed by atoms with Crippen molar-refractivity contribution in [3.05, 3.63) is 86.7 Å². The molecule has 1 aliphatic rings. The van der Waals surface area contributed by atoms with Crippen LogP contribution in [0.1, 0.15) is 39.0 Å². The Bertz CT molecular complexity index is 1400. The van der Waals surface area contributed by atoms with Gasteiger partial charge in [0, 0.05) is 34.6 Å². The molecule has 1 aliphatic heterocycles. The van der Waals surface area contributed by atoms with Crippen LogP contribution in [0.5, 0.6) is 0 Å². The molecule has 36 heavy (non-hydrogen) atoms. The van der Waals surface area contributed by atoms with Crippen molar-refractivity contribution in [1.82, 2.24) is 9.97 Å². The molecule has 4 rings (SSSR count). The van der Waals surface area contributed by atoms with Crippen molar-refractivity contribution in [2.75, 3.05) is 11.9 Å². The molecule has 0 N–H and O–H groups in total. The van der Waals surface area contributed by atoms with Crippen LogP contribution in [0.3, 0.4) is 0 Å². The van der Waals surface area contributed by atoms with Crippen LogP contribution in [0.25, 0.3) is 0 Å². The molecule has 0 saturated carbocycles. The summed E-state index contributed by atoms with van der Waals surface area (Å²) in [5.74, 6) is -0.349. The fourth-order valence-corrected chi connectivity index (χ4v) is 4.28. The summed E-state index contributed by atoms with van der Waals surface area (Å²) < 4.78 is 42.7. The van der Waals surface area contributed by atoms with E-state index in [9.17, 15) is 18.0 Å². The van der Waals surface area contributed by atoms with Gasteiger partial charge in [-0.25, -0.2) is 9.97 Å². The highest BCUT2D eigenvalue weighted by Crippen LogP contribution is 2.49. The molecule has 0 bridgehead atoms. The Kier molecular flexibility index (Phi) is 6.64. The fraction of sp³-hybridized carbons (Fsp3) is 0.208. The van der Waals surface area contributed by atoms with E-state index in [0.717, 1.165) is 12.1 Å². The summed E-state index contributed by atoms with van der Waals surface area (Å²) in [6, 6.07) is 10.0. The van der Waals surface area contributed by atoms with E-state index in [-0.39, 0.29) is 38.4 Å². The molecule has 12 heteroatoms. The third kappa shape index (κ3) is 4.59. The minimum absolute atomic E-state index is 0.0345. The van der Waals surface area contributed by atoms with Gasteiger partial charge in [0.05, 0.1) is 23.7 Å². The van der Waals surface area contributed by atoms with Gasteiger partial charge in [-0.1, -0.05) is 34.4 Å². The number of alkyl halides is 3. The number of hydrogen-bond acceptors (Lipinski definition) is 6. The van der Waals surface area contributed by atoms with E-state index in [4.69, 9.17) is 33.3 Å². The SMILES string of the molecule is Cc1cc(C2=NOC(c3cc(Cl)cc(Cl)c3)(C(F)(F)F)C2)ccc1C(=O)N(C)c1ncc(C#N)cn1. The molecule has 0 spiro atoms. The number of oxime groups is 1. The quantitative estimate of drug-likeness (QED) is 0.421. The molecule has 0 fully saturated rings. The molecule has 184 valence electrons. The topological polar surface area (TPSA) is 91.5 Å². The van der Waals surface area contributed by atoms with E-state index in [1.54, 1.807) is 13.0 Å². The lowest BCUT2D eigenvalue weighted by molar-refractivity contribution is -0.275. The average molecular weight is 534 g/mol. The highest BCUT2D eigenvalue weighted by Gasteiger charge is 2.62. The van der Waals surface area contributed by atoms with E-state index < -0.39 is 24.1 Å². The molecule has 1 amide bonds. The zero-order valence-corrected chi connectivity index (χ0v) is 20.3. The third-order valence-corrected chi connectivity index (χ3v) is 6.11. The van der Waals surface area contributed by atoms with Gasteiger partial charge in [-0.2, -0.15) is 18.4 Å². The van der Waals surface area contributed by atoms with Crippen LogP contribution in [0.15, 0.2) is 53.9 Å². The number of carbonyl (C=O) groups excluding carboxylic acids is 1. The molecule has 0 radical (unpaired) electrons. The van der Waals surface area contributed by atoms with Crippen molar-refractivity contribution in [3.63, 3.8) is 0 Å². The summed E-state index contributed by atoms with van der Waals surface area (Å²) in [5, 5.41) is 12.7. The Hall–Kier alpha value is -3.68. The summed E-state index contributed by atoms with van der Waals surface area (Å²) in [7, 11) is 1.47. The largest absolute Gasteiger partial charge is 0.435 e. The smallest absolute Gasteiger partial charge is 0.374 e. The monoisotopic (exact) mass is 533 g/mol. The van der Waals surface area contributed by atoms with E-state index in [1.165, 1.54) is 42.5 Å². The number of hydrogen-bond donors (Lipinski definition) is 0. The molecule has 0 aliphatic carbocycles. The van der Waals surface area contributed by atoms with Gasteiger partial charge >= 0.3 is 6.18 Å². The van der Waals surface area contributed by atoms with Gasteiger partial charge < -0.3 is 4.84 Å². The molecule has 2 heterocycles. The zero-order chi connectivity index (χ0) is 26.3. The van der Waals surface area contributed by atoms with Gasteiger partial charge in [0.15, 0.2) is 0 Å². The highest BCUT2D eigenvalue weighted by atomic mass is 35.5. The average Bonchev–Trinajstić information content (AvgIpc) is 3.30. The first-order chi connectivity index (χ1) is 16.9. The minimum atomic E-state index is -4.82. The second-order valence-electron chi connectivity index (χ2n) is 8.07. The Labute approximate surface area is 213 Å². The van der Waals surface area contributed by atoms with Crippen molar-refractivity contribution in [3.8, 4) is 6.07 Å². The fourth-order valence-electron chi connectivity index (χ4n) is 3.75. The highest BCUT2D eigenvalue weighted by molar-refractivity contribution is 6.34. The van der Waals surface area contributed by atoms with Crippen LogP contribution in [-0.2, 0) is 10.4 Å². The second kappa shape index (κ2) is 9.41. The number of rotatable bonds is 4. The first kappa shape index (κ1) is 25.4. The first-order valence-corrected chi connectivity index (χ1v) is 11.1. The number of aryl methyl sites for hydroxylation is 1. The molecular formula is C24H16Cl2F3N5O2. The van der Waals surface area contributed by atoms with Crippen molar-refractivity contribution < 1.29 is 22.8 Å². The molecule has 3 aromatic rings. The third-order valence-electron chi connectivity index (χ3n) is 5.68. The molecule has 0 saturated heterocycles. The minimum Gasteiger partial charge on any atom is -0.374 e. The van der Waals surface area contributed by atoms with Crippen molar-refractivity contribution >= 4 is 40.8 Å². The van der Waals surface area contributed by atoms with Crippen LogP contribution < -0.4 is 4.90 Å². The van der Waals surface area contributed by atoms with E-state index >= 15 is 0 Å². The Morgan fingerprint density at radius 1 is 1.14 bits per heavy atom. The van der Waals surface area contributed by atoms with Gasteiger partial charge in [0.1, 0.15) is 6.07 Å². The first-order valence-electron chi connectivity index (χ1n) is 10.3. The Morgan fingerprint density at radius 2 is 1.78 bits per heavy atom. The van der Waals surface area contributed by atoms with Gasteiger partial charge in [-0.3, -0.25) is 9.69 Å². The van der Waals surface area contributed by atoms with Gasteiger partial charge in [-0.05, 0) is 48.4 Å². The van der Waals surface area contributed by atoms with Crippen LogP contribution >= 0.6 is 23.2 Å². The predicted octanol–water partition coefficient (Wildman–Crippen LogP) is 5.82. The van der Waals surface area contributed by atoms with Gasteiger partial charge in [0.25, 0.3) is 11.5 Å². The van der Waals surface area contributed by atoms with Crippen LogP contribution in [0, 0.1) is 18.3 Å². The summed E-state index contributed by atoms with van der Waals surface area (Å²) in [5.41, 5.74) is -1.58. The van der Waals surface area contributed by atoms with Crippen molar-refractivity contribution in [2.45, 2.75) is 25.1 Å². The molecular weight excluding hydrogens is 518 g/mol. The summed E-state index contributed by atoms with van der Waals surface area (Å²) in [6.45, 7) is 1.65. The van der Waals surface area contributed by atoms with Crippen LogP contribution in [0.4, 0.5) is 19.1 Å². The molecule has 1 unspecified atom stereocenters. The number of aromatic nitrogens is 2. The zero-order valence-electron chi connectivity index (χ0n) is 18.8. The summed E-state index contributed by atoms with van der Waals surface area (Å²) in [6.07, 6.45) is -2.85. The number of benzene rings is 2. The lowest BCUT2D eigenvalue weighted by Gasteiger charge is -2.29. The Balaban J connectivity index is 1.61. The van der Waals surface area contributed by atoms with E-state index in [0.29, 0.717) is 11.1 Å². The molecule has 1 aromatic heterocycles. The number of nitrogens with zero attached hydrogens (tertiary/aromatic N) is 5. The normalized spacial score (nSPS) is 17.2. The molecule has 1 atom stereocenters. The maximum absolute atomic E-state index is 14.2. The molecule has 2 aromatic carbocycles. The summed E-state index contributed by atoms with van der Waals surface area (Å²) in [4.78, 5) is 27.2. The standard InChI is InChI=1S/C24H16Cl2F3N5O2/c1-13-5-15(3-4-19(13)21(35)34(2)22-31-11-14(10-30)12-32-22)20-9-23(36-33-20,24(27,28)29)16-6-17(25)8-18(26)7-16/h3-8,11-12H,9H2,1-2H3. The lowest BCUT2D eigenvalue weighted by atomic mass is 9.86. The second-order valence-corrected chi connectivity index (χ2v) is 8.94. The predicted molar refractivity (Wildman–Crippen MR) is 127 cm³/mol.